The van der Waals surface area contributed by atoms with Crippen LogP contribution in [0.25, 0.3) is 11.6 Å². The fraction of sp³-hybridized carbons (Fsp3) is 0.435. The van der Waals surface area contributed by atoms with Gasteiger partial charge in [0.15, 0.2) is 0 Å². The topological polar surface area (TPSA) is 37.3 Å². The zero-order chi connectivity index (χ0) is 19.3. The van der Waals surface area contributed by atoms with Crippen LogP contribution >= 0.6 is 11.3 Å². The van der Waals surface area contributed by atoms with E-state index in [1.54, 1.807) is 11.4 Å². The summed E-state index contributed by atoms with van der Waals surface area (Å²) in [7, 11) is 0. The summed E-state index contributed by atoms with van der Waals surface area (Å²) < 4.78 is 0. The Morgan fingerprint density at radius 3 is 2.19 bits per heavy atom. The quantitative estimate of drug-likeness (QED) is 0.657. The van der Waals surface area contributed by atoms with Crippen LogP contribution in [0.4, 0.5) is 0 Å². The molecule has 0 saturated carbocycles. The molecule has 3 heteroatoms. The minimum absolute atomic E-state index is 0.187. The van der Waals surface area contributed by atoms with Crippen molar-refractivity contribution in [2.24, 2.45) is 0 Å². The van der Waals surface area contributed by atoms with Gasteiger partial charge in [-0.1, -0.05) is 39.8 Å². The summed E-state index contributed by atoms with van der Waals surface area (Å²) in [4.78, 5) is 12.1. The molecule has 138 valence electrons. The van der Waals surface area contributed by atoms with Gasteiger partial charge >= 0.3 is 5.97 Å². The van der Waals surface area contributed by atoms with Crippen LogP contribution in [-0.2, 0) is 10.8 Å². The second kappa shape index (κ2) is 6.38. The number of hydrogen-bond acceptors (Lipinski definition) is 2. The maximum absolute atomic E-state index is 11.1. The number of carboxylic acid groups (broad SMARTS) is 1. The summed E-state index contributed by atoms with van der Waals surface area (Å²) in [5, 5.41) is 10.8. The van der Waals surface area contributed by atoms with Crippen molar-refractivity contribution in [2.45, 2.75) is 65.2 Å². The molecule has 0 bridgehead atoms. The molecule has 0 radical (unpaired) electrons. The number of benzene rings is 1. The van der Waals surface area contributed by atoms with Crippen molar-refractivity contribution in [3.8, 4) is 0 Å². The molecule has 2 aromatic rings. The van der Waals surface area contributed by atoms with Crippen LogP contribution in [0.3, 0.4) is 0 Å². The smallest absolute Gasteiger partial charge is 0.336 e. The highest BCUT2D eigenvalue weighted by molar-refractivity contribution is 7.11. The predicted octanol–water partition coefficient (Wildman–Crippen LogP) is 6.66. The van der Waals surface area contributed by atoms with E-state index >= 15 is 0 Å². The minimum Gasteiger partial charge on any atom is -0.478 e. The van der Waals surface area contributed by atoms with Gasteiger partial charge in [0.05, 0.1) is 5.56 Å². The summed E-state index contributed by atoms with van der Waals surface area (Å²) in [6.45, 7) is 13.7. The molecule has 1 aliphatic carbocycles. The van der Waals surface area contributed by atoms with Crippen LogP contribution in [-0.4, -0.2) is 11.1 Å². The average molecular weight is 369 g/mol. The van der Waals surface area contributed by atoms with E-state index in [-0.39, 0.29) is 10.8 Å². The number of carbonyl (C=O) groups is 1. The van der Waals surface area contributed by atoms with Crippen LogP contribution in [0.1, 0.15) is 84.9 Å². The number of carboxylic acids is 1. The first-order valence-corrected chi connectivity index (χ1v) is 10.1. The Labute approximate surface area is 160 Å². The number of hydrogen-bond donors (Lipinski definition) is 1. The molecule has 3 rings (SSSR count). The minimum atomic E-state index is -0.868. The fourth-order valence-corrected chi connectivity index (χ4v) is 4.85. The van der Waals surface area contributed by atoms with Gasteiger partial charge < -0.3 is 5.11 Å². The van der Waals surface area contributed by atoms with E-state index in [4.69, 9.17) is 5.11 Å². The lowest BCUT2D eigenvalue weighted by Gasteiger charge is -2.42. The van der Waals surface area contributed by atoms with Crippen molar-refractivity contribution in [1.29, 1.82) is 0 Å². The molecule has 0 atom stereocenters. The SMILES string of the molecule is CC(=Cc1cc(C(=O)O)cs1)c1cc2c(cc1C)C(C)(C)CCC2(C)C. The zero-order valence-corrected chi connectivity index (χ0v) is 17.4. The molecule has 1 aromatic heterocycles. The summed E-state index contributed by atoms with van der Waals surface area (Å²) in [5.74, 6) is -0.868. The van der Waals surface area contributed by atoms with E-state index in [9.17, 15) is 4.79 Å². The van der Waals surface area contributed by atoms with Gasteiger partial charge in [0.2, 0.25) is 0 Å². The van der Waals surface area contributed by atoms with Crippen LogP contribution < -0.4 is 0 Å². The van der Waals surface area contributed by atoms with Crippen LogP contribution in [0.15, 0.2) is 23.6 Å². The molecule has 0 unspecified atom stereocenters. The first-order valence-electron chi connectivity index (χ1n) is 9.17. The van der Waals surface area contributed by atoms with Crippen LogP contribution in [0.2, 0.25) is 0 Å². The maximum atomic E-state index is 11.1. The Kier molecular flexibility index (Phi) is 4.64. The van der Waals surface area contributed by atoms with E-state index in [0.29, 0.717) is 5.56 Å². The summed E-state index contributed by atoms with van der Waals surface area (Å²) >= 11 is 1.48. The van der Waals surface area contributed by atoms with Crippen molar-refractivity contribution < 1.29 is 9.90 Å². The standard InChI is InChI=1S/C23H28O2S/c1-14(9-17-11-16(13-26-17)21(24)25)18-12-20-19(10-15(18)2)22(3,4)7-8-23(20,5)6/h9-13H,7-8H2,1-6H3,(H,24,25). The van der Waals surface area contributed by atoms with Gasteiger partial charge in [-0.25, -0.2) is 4.79 Å². The van der Waals surface area contributed by atoms with Gasteiger partial charge in [0, 0.05) is 10.3 Å². The number of fused-ring (bicyclic) bond motifs is 1. The molecule has 1 heterocycles. The highest BCUT2D eigenvalue weighted by atomic mass is 32.1. The molecule has 0 aliphatic heterocycles. The second-order valence-corrected chi connectivity index (χ2v) is 9.79. The molecule has 1 aromatic carbocycles. The third kappa shape index (κ3) is 3.37. The number of allylic oxidation sites excluding steroid dienone is 1. The Morgan fingerprint density at radius 2 is 1.65 bits per heavy atom. The van der Waals surface area contributed by atoms with E-state index in [2.05, 4.69) is 59.8 Å². The van der Waals surface area contributed by atoms with Gasteiger partial charge in [-0.15, -0.1) is 11.3 Å². The summed E-state index contributed by atoms with van der Waals surface area (Å²) in [6, 6.07) is 6.50. The van der Waals surface area contributed by atoms with Crippen LogP contribution in [0, 0.1) is 6.92 Å². The third-order valence-electron chi connectivity index (χ3n) is 5.85. The van der Waals surface area contributed by atoms with Crippen molar-refractivity contribution in [2.75, 3.05) is 0 Å². The van der Waals surface area contributed by atoms with E-state index in [1.165, 1.54) is 52.0 Å². The highest BCUT2D eigenvalue weighted by Crippen LogP contribution is 2.47. The van der Waals surface area contributed by atoms with Crippen LogP contribution in [0.5, 0.6) is 0 Å². The lowest BCUT2D eigenvalue weighted by molar-refractivity contribution is 0.0697. The number of aromatic carboxylic acids is 1. The van der Waals surface area contributed by atoms with E-state index in [1.807, 2.05) is 0 Å². The predicted molar refractivity (Wildman–Crippen MR) is 111 cm³/mol. The van der Waals surface area contributed by atoms with Gasteiger partial charge in [-0.3, -0.25) is 0 Å². The number of aryl methyl sites for hydroxylation is 1. The Bertz CT molecular complexity index is 897. The molecule has 1 aliphatic rings. The molecule has 0 fully saturated rings. The van der Waals surface area contributed by atoms with E-state index < -0.39 is 5.97 Å². The summed E-state index contributed by atoms with van der Waals surface area (Å²) in [5.41, 5.74) is 7.44. The molecular formula is C23H28O2S. The molecule has 0 spiro atoms. The fourth-order valence-electron chi connectivity index (χ4n) is 3.98. The van der Waals surface area contributed by atoms with Crippen molar-refractivity contribution in [3.05, 3.63) is 56.3 Å². The molecule has 1 N–H and O–H groups in total. The van der Waals surface area contributed by atoms with Crippen molar-refractivity contribution in [1.82, 2.24) is 0 Å². The molecule has 0 amide bonds. The number of rotatable bonds is 3. The monoisotopic (exact) mass is 368 g/mol. The molecule has 26 heavy (non-hydrogen) atoms. The van der Waals surface area contributed by atoms with Gasteiger partial charge in [0.25, 0.3) is 0 Å². The lowest BCUT2D eigenvalue weighted by Crippen LogP contribution is -2.34. The third-order valence-corrected chi connectivity index (χ3v) is 6.73. The Morgan fingerprint density at radius 1 is 1.08 bits per heavy atom. The second-order valence-electron chi connectivity index (χ2n) is 8.85. The van der Waals surface area contributed by atoms with Crippen molar-refractivity contribution in [3.63, 3.8) is 0 Å². The zero-order valence-electron chi connectivity index (χ0n) is 16.6. The van der Waals surface area contributed by atoms with Gasteiger partial charge in [0.1, 0.15) is 0 Å². The Balaban J connectivity index is 2.08. The van der Waals surface area contributed by atoms with Gasteiger partial charge in [-0.05, 0) is 77.5 Å². The first kappa shape index (κ1) is 18.9. The normalized spacial score (nSPS) is 18.5. The first-order chi connectivity index (χ1) is 12.0. The average Bonchev–Trinajstić information content (AvgIpc) is 3.00. The van der Waals surface area contributed by atoms with Crippen molar-refractivity contribution >= 4 is 29.0 Å². The van der Waals surface area contributed by atoms with Gasteiger partial charge in [-0.2, -0.15) is 0 Å². The Hall–Kier alpha value is -1.87. The highest BCUT2D eigenvalue weighted by Gasteiger charge is 2.37. The summed E-state index contributed by atoms with van der Waals surface area (Å²) in [6.07, 6.45) is 4.52. The molecule has 0 saturated heterocycles. The maximum Gasteiger partial charge on any atom is 0.336 e. The largest absolute Gasteiger partial charge is 0.478 e. The number of thiophene rings is 1. The molecular weight excluding hydrogens is 340 g/mol. The van der Waals surface area contributed by atoms with E-state index in [0.717, 1.165) is 4.88 Å². The molecule has 2 nitrogen and oxygen atoms in total. The lowest BCUT2D eigenvalue weighted by atomic mass is 9.62.